The molecule has 3 atom stereocenters. The average molecular weight is 308 g/mol. The fraction of sp³-hybridized carbons (Fsp3) is 0.467. The van der Waals surface area contributed by atoms with Crippen LogP contribution in [0.25, 0.3) is 11.1 Å². The first kappa shape index (κ1) is 14.4. The number of nitrogens with zero attached hydrogens (tertiary/aromatic N) is 1. The van der Waals surface area contributed by atoms with Crippen molar-refractivity contribution in [2.75, 3.05) is 6.54 Å². The summed E-state index contributed by atoms with van der Waals surface area (Å²) in [5.74, 6) is 0.650. The highest BCUT2D eigenvalue weighted by atomic mass is 35.5. The molecule has 112 valence electrons. The van der Waals surface area contributed by atoms with Gasteiger partial charge in [0.05, 0.1) is 5.56 Å². The summed E-state index contributed by atoms with van der Waals surface area (Å²) in [7, 11) is 0. The molecule has 0 spiro atoms. The van der Waals surface area contributed by atoms with Gasteiger partial charge in [-0.1, -0.05) is 6.07 Å². The molecular formula is C15H18ClN3O2. The zero-order chi connectivity index (χ0) is 13.5. The number of carbonyl (C=O) groups is 1. The molecule has 6 heteroatoms. The minimum Gasteiger partial charge on any atom is -0.443 e. The zero-order valence-corrected chi connectivity index (χ0v) is 12.4. The lowest BCUT2D eigenvalue weighted by Crippen LogP contribution is -2.59. The van der Waals surface area contributed by atoms with E-state index in [0.717, 1.165) is 19.4 Å². The predicted octanol–water partition coefficient (Wildman–Crippen LogP) is 2.12. The molecule has 1 aliphatic carbocycles. The van der Waals surface area contributed by atoms with Gasteiger partial charge in [0.25, 0.3) is 5.91 Å². The molecule has 1 aromatic heterocycles. The van der Waals surface area contributed by atoms with E-state index < -0.39 is 0 Å². The molecule has 2 aliphatic heterocycles. The van der Waals surface area contributed by atoms with Crippen molar-refractivity contribution in [1.82, 2.24) is 15.6 Å². The van der Waals surface area contributed by atoms with Crippen LogP contribution in [0.1, 0.15) is 29.6 Å². The van der Waals surface area contributed by atoms with Crippen LogP contribution in [0.2, 0.25) is 0 Å². The predicted molar refractivity (Wildman–Crippen MR) is 81.6 cm³/mol. The van der Waals surface area contributed by atoms with Crippen molar-refractivity contribution in [3.8, 4) is 0 Å². The van der Waals surface area contributed by atoms with E-state index in [9.17, 15) is 4.79 Å². The van der Waals surface area contributed by atoms with Gasteiger partial charge in [-0.3, -0.25) is 4.79 Å². The van der Waals surface area contributed by atoms with Crippen molar-refractivity contribution in [2.24, 2.45) is 5.92 Å². The fourth-order valence-electron chi connectivity index (χ4n) is 3.48. The Morgan fingerprint density at radius 2 is 2.29 bits per heavy atom. The second-order valence-electron chi connectivity index (χ2n) is 5.78. The molecule has 0 radical (unpaired) electrons. The first-order valence-corrected chi connectivity index (χ1v) is 7.18. The van der Waals surface area contributed by atoms with E-state index in [1.165, 1.54) is 12.8 Å². The quantitative estimate of drug-likeness (QED) is 0.892. The molecule has 2 aromatic rings. The van der Waals surface area contributed by atoms with Crippen molar-refractivity contribution >= 4 is 29.4 Å². The van der Waals surface area contributed by atoms with Gasteiger partial charge < -0.3 is 15.1 Å². The van der Waals surface area contributed by atoms with Gasteiger partial charge in [-0.15, -0.1) is 12.4 Å². The molecule has 2 bridgehead atoms. The van der Waals surface area contributed by atoms with Gasteiger partial charge in [0, 0.05) is 12.1 Å². The number of amides is 1. The third-order valence-corrected chi connectivity index (χ3v) is 4.55. The number of piperidine rings is 2. The number of fused-ring (bicyclic) bond motifs is 4. The van der Waals surface area contributed by atoms with Crippen LogP contribution in [-0.2, 0) is 0 Å². The van der Waals surface area contributed by atoms with Crippen LogP contribution in [0.3, 0.4) is 0 Å². The smallest absolute Gasteiger partial charge is 0.253 e. The van der Waals surface area contributed by atoms with E-state index >= 15 is 0 Å². The van der Waals surface area contributed by atoms with Gasteiger partial charge in [0.2, 0.25) is 0 Å². The maximum Gasteiger partial charge on any atom is 0.253 e. The molecule has 3 aliphatic rings. The SMILES string of the molecule is Cl.O=C(NC1CC2CCC1NC2)c1cccc2ocnc12. The van der Waals surface area contributed by atoms with Gasteiger partial charge in [0.15, 0.2) is 12.0 Å². The van der Waals surface area contributed by atoms with E-state index in [1.54, 1.807) is 6.07 Å². The van der Waals surface area contributed by atoms with Crippen LogP contribution < -0.4 is 10.6 Å². The summed E-state index contributed by atoms with van der Waals surface area (Å²) in [6.07, 6.45) is 4.90. The summed E-state index contributed by atoms with van der Waals surface area (Å²) in [6, 6.07) is 6.10. The highest BCUT2D eigenvalue weighted by Gasteiger charge is 2.36. The topological polar surface area (TPSA) is 67.2 Å². The molecule has 2 saturated heterocycles. The maximum absolute atomic E-state index is 12.5. The number of nitrogens with one attached hydrogen (secondary N) is 2. The van der Waals surface area contributed by atoms with Gasteiger partial charge >= 0.3 is 0 Å². The number of benzene rings is 1. The highest BCUT2D eigenvalue weighted by molar-refractivity contribution is 6.04. The van der Waals surface area contributed by atoms with Gasteiger partial charge in [-0.2, -0.15) is 0 Å². The summed E-state index contributed by atoms with van der Waals surface area (Å²) in [6.45, 7) is 1.09. The number of halogens is 1. The van der Waals surface area contributed by atoms with Crippen molar-refractivity contribution in [3.05, 3.63) is 30.2 Å². The highest BCUT2D eigenvalue weighted by Crippen LogP contribution is 2.29. The summed E-state index contributed by atoms with van der Waals surface area (Å²) < 4.78 is 5.24. The Labute approximate surface area is 128 Å². The molecular weight excluding hydrogens is 290 g/mol. The van der Waals surface area contributed by atoms with Crippen LogP contribution in [0, 0.1) is 5.92 Å². The fourth-order valence-corrected chi connectivity index (χ4v) is 3.48. The van der Waals surface area contributed by atoms with E-state index in [-0.39, 0.29) is 24.4 Å². The van der Waals surface area contributed by atoms with Crippen LogP contribution in [0.4, 0.5) is 0 Å². The molecule has 3 fully saturated rings. The average Bonchev–Trinajstić information content (AvgIpc) is 2.96. The minimum atomic E-state index is -0.0520. The zero-order valence-electron chi connectivity index (χ0n) is 11.5. The normalized spacial score (nSPS) is 27.3. The van der Waals surface area contributed by atoms with E-state index in [1.807, 2.05) is 12.1 Å². The minimum absolute atomic E-state index is 0. The van der Waals surface area contributed by atoms with Crippen molar-refractivity contribution in [3.63, 3.8) is 0 Å². The number of rotatable bonds is 2. The summed E-state index contributed by atoms with van der Waals surface area (Å²) >= 11 is 0. The monoisotopic (exact) mass is 307 g/mol. The number of aromatic nitrogens is 1. The number of hydrogen-bond donors (Lipinski definition) is 2. The second kappa shape index (κ2) is 5.66. The first-order chi connectivity index (χ1) is 9.81. The molecule has 5 nitrogen and oxygen atoms in total. The lowest BCUT2D eigenvalue weighted by atomic mass is 9.78. The molecule has 3 unspecified atom stereocenters. The number of hydrogen-bond acceptors (Lipinski definition) is 4. The Balaban J connectivity index is 0.00000132. The molecule has 21 heavy (non-hydrogen) atoms. The van der Waals surface area contributed by atoms with Crippen LogP contribution in [0.15, 0.2) is 29.0 Å². The van der Waals surface area contributed by atoms with Gasteiger partial charge in [0.1, 0.15) is 5.52 Å². The summed E-state index contributed by atoms with van der Waals surface area (Å²) in [4.78, 5) is 16.6. The third kappa shape index (κ3) is 2.51. The van der Waals surface area contributed by atoms with E-state index in [0.29, 0.717) is 28.6 Å². The van der Waals surface area contributed by atoms with Crippen molar-refractivity contribution in [1.29, 1.82) is 0 Å². The Bertz CT molecular complexity index is 649. The number of para-hydroxylation sites is 1. The van der Waals surface area contributed by atoms with Gasteiger partial charge in [-0.05, 0) is 43.9 Å². The molecule has 1 aromatic carbocycles. The lowest BCUT2D eigenvalue weighted by molar-refractivity contribution is 0.0869. The largest absolute Gasteiger partial charge is 0.443 e. The lowest BCUT2D eigenvalue weighted by Gasteiger charge is -2.43. The maximum atomic E-state index is 12.5. The summed E-state index contributed by atoms with van der Waals surface area (Å²) in [5.41, 5.74) is 1.89. The molecule has 5 rings (SSSR count). The van der Waals surface area contributed by atoms with E-state index in [4.69, 9.17) is 4.42 Å². The second-order valence-corrected chi connectivity index (χ2v) is 5.78. The van der Waals surface area contributed by atoms with Crippen LogP contribution in [-0.4, -0.2) is 29.5 Å². The van der Waals surface area contributed by atoms with Crippen LogP contribution in [0.5, 0.6) is 0 Å². The van der Waals surface area contributed by atoms with Crippen LogP contribution >= 0.6 is 12.4 Å². The Morgan fingerprint density at radius 1 is 1.38 bits per heavy atom. The van der Waals surface area contributed by atoms with Crippen molar-refractivity contribution < 1.29 is 9.21 Å². The molecule has 3 heterocycles. The molecule has 1 amide bonds. The summed E-state index contributed by atoms with van der Waals surface area (Å²) in [5, 5.41) is 6.67. The standard InChI is InChI=1S/C15H17N3O2.ClH/c19-15(10-2-1-3-13-14(10)17-8-20-13)18-12-6-9-4-5-11(12)16-7-9;/h1-3,8-9,11-12,16H,4-7H2,(H,18,19);1H. The third-order valence-electron chi connectivity index (χ3n) is 4.55. The van der Waals surface area contributed by atoms with Gasteiger partial charge in [-0.25, -0.2) is 4.98 Å². The first-order valence-electron chi connectivity index (χ1n) is 7.18. The molecule has 2 N–H and O–H groups in total. The number of oxazole rings is 1. The number of carbonyl (C=O) groups excluding carboxylic acids is 1. The van der Waals surface area contributed by atoms with Crippen molar-refractivity contribution in [2.45, 2.75) is 31.3 Å². The Hall–Kier alpha value is -1.59. The molecule has 1 saturated carbocycles. The Kier molecular flexibility index (Phi) is 3.87. The van der Waals surface area contributed by atoms with E-state index in [2.05, 4.69) is 15.6 Å². The Morgan fingerprint density at radius 3 is 3.00 bits per heavy atom.